The number of aryl methyl sites for hydroxylation is 2. The van der Waals surface area contributed by atoms with Crippen molar-refractivity contribution >= 4 is 11.7 Å². The van der Waals surface area contributed by atoms with Crippen molar-refractivity contribution in [3.63, 3.8) is 0 Å². The molecule has 1 saturated heterocycles. The lowest BCUT2D eigenvalue weighted by Gasteiger charge is -2.34. The summed E-state index contributed by atoms with van der Waals surface area (Å²) in [6, 6.07) is 5.88. The van der Waals surface area contributed by atoms with Crippen molar-refractivity contribution in [1.29, 1.82) is 0 Å². The van der Waals surface area contributed by atoms with Gasteiger partial charge in [-0.1, -0.05) is 19.1 Å². The molecule has 120 valence electrons. The van der Waals surface area contributed by atoms with E-state index >= 15 is 0 Å². The number of amides is 1. The Bertz CT molecular complexity index is 546. The number of piperazine rings is 1. The summed E-state index contributed by atoms with van der Waals surface area (Å²) >= 11 is 0. The maximum absolute atomic E-state index is 12.4. The van der Waals surface area contributed by atoms with E-state index in [-0.39, 0.29) is 11.7 Å². The minimum absolute atomic E-state index is 0.163. The van der Waals surface area contributed by atoms with Crippen LogP contribution < -0.4 is 0 Å². The van der Waals surface area contributed by atoms with E-state index in [1.165, 1.54) is 5.56 Å². The number of ketones is 1. The molecule has 2 rings (SSSR count). The highest BCUT2D eigenvalue weighted by atomic mass is 16.2. The normalized spacial score (nSPS) is 15.9. The molecule has 0 unspecified atom stereocenters. The summed E-state index contributed by atoms with van der Waals surface area (Å²) in [5, 5.41) is 0. The Morgan fingerprint density at radius 3 is 2.32 bits per heavy atom. The number of carbonyl (C=O) groups is 2. The Kier molecular flexibility index (Phi) is 5.72. The van der Waals surface area contributed by atoms with Crippen LogP contribution in [0.4, 0.5) is 0 Å². The molecular formula is C18H26N2O2. The second-order valence-corrected chi connectivity index (χ2v) is 6.13. The molecule has 22 heavy (non-hydrogen) atoms. The van der Waals surface area contributed by atoms with Gasteiger partial charge >= 0.3 is 0 Å². The average molecular weight is 302 g/mol. The van der Waals surface area contributed by atoms with Gasteiger partial charge < -0.3 is 4.90 Å². The van der Waals surface area contributed by atoms with E-state index in [1.54, 1.807) is 0 Å². The number of hydrogen-bond acceptors (Lipinski definition) is 3. The van der Waals surface area contributed by atoms with E-state index in [0.717, 1.165) is 43.7 Å². The van der Waals surface area contributed by atoms with Crippen LogP contribution in [0, 0.1) is 13.8 Å². The predicted molar refractivity (Wildman–Crippen MR) is 88.2 cm³/mol. The van der Waals surface area contributed by atoms with Crippen molar-refractivity contribution in [2.45, 2.75) is 33.6 Å². The van der Waals surface area contributed by atoms with Crippen molar-refractivity contribution in [3.05, 3.63) is 34.9 Å². The van der Waals surface area contributed by atoms with Gasteiger partial charge in [-0.2, -0.15) is 0 Å². The quantitative estimate of drug-likeness (QED) is 0.784. The molecule has 1 fully saturated rings. The van der Waals surface area contributed by atoms with Crippen LogP contribution in [0.3, 0.4) is 0 Å². The van der Waals surface area contributed by atoms with Crippen LogP contribution in [0.2, 0.25) is 0 Å². The van der Waals surface area contributed by atoms with Crippen LogP contribution in [0.25, 0.3) is 0 Å². The SMILES string of the molecule is CCCC(=O)N1CCN(CC(=O)c2ccc(C)c(C)c2)CC1. The first-order valence-electron chi connectivity index (χ1n) is 8.12. The van der Waals surface area contributed by atoms with Crippen molar-refractivity contribution in [2.75, 3.05) is 32.7 Å². The van der Waals surface area contributed by atoms with Crippen molar-refractivity contribution < 1.29 is 9.59 Å². The van der Waals surface area contributed by atoms with Gasteiger partial charge in [0.05, 0.1) is 6.54 Å². The van der Waals surface area contributed by atoms with E-state index in [9.17, 15) is 9.59 Å². The van der Waals surface area contributed by atoms with Crippen LogP contribution in [0.5, 0.6) is 0 Å². The zero-order chi connectivity index (χ0) is 16.1. The molecule has 0 aliphatic carbocycles. The van der Waals surface area contributed by atoms with Gasteiger partial charge in [0, 0.05) is 38.2 Å². The number of benzene rings is 1. The molecule has 1 amide bonds. The van der Waals surface area contributed by atoms with Gasteiger partial charge in [0.2, 0.25) is 5.91 Å². The number of Topliss-reactive ketones (excluding diaryl/α,β-unsaturated/α-hetero) is 1. The molecule has 1 aliphatic rings. The summed E-state index contributed by atoms with van der Waals surface area (Å²) < 4.78 is 0. The fourth-order valence-corrected chi connectivity index (χ4v) is 2.74. The summed E-state index contributed by atoms with van der Waals surface area (Å²) in [6.45, 7) is 9.59. The lowest BCUT2D eigenvalue weighted by Crippen LogP contribution is -2.49. The maximum atomic E-state index is 12.4. The topological polar surface area (TPSA) is 40.6 Å². The van der Waals surface area contributed by atoms with Crippen LogP contribution in [-0.2, 0) is 4.79 Å². The fraction of sp³-hybridized carbons (Fsp3) is 0.556. The van der Waals surface area contributed by atoms with Gasteiger partial charge in [-0.3, -0.25) is 14.5 Å². The van der Waals surface area contributed by atoms with Crippen LogP contribution in [-0.4, -0.2) is 54.2 Å². The summed E-state index contributed by atoms with van der Waals surface area (Å²) in [6.07, 6.45) is 1.52. The monoisotopic (exact) mass is 302 g/mol. The Labute approximate surface area is 133 Å². The molecule has 0 radical (unpaired) electrons. The predicted octanol–water partition coefficient (Wildman–Crippen LogP) is 2.43. The standard InChI is InChI=1S/C18H26N2O2/c1-4-5-18(22)20-10-8-19(9-11-20)13-17(21)16-7-6-14(2)15(3)12-16/h6-7,12H,4-5,8-11,13H2,1-3H3. The first kappa shape index (κ1) is 16.7. The third-order valence-corrected chi connectivity index (χ3v) is 4.38. The molecule has 0 N–H and O–H groups in total. The van der Waals surface area contributed by atoms with Gasteiger partial charge in [-0.15, -0.1) is 0 Å². The highest BCUT2D eigenvalue weighted by molar-refractivity contribution is 5.97. The lowest BCUT2D eigenvalue weighted by atomic mass is 10.0. The van der Waals surface area contributed by atoms with Crippen molar-refractivity contribution in [2.24, 2.45) is 0 Å². The van der Waals surface area contributed by atoms with E-state index in [1.807, 2.05) is 36.9 Å². The second kappa shape index (κ2) is 7.54. The maximum Gasteiger partial charge on any atom is 0.222 e. The van der Waals surface area contributed by atoms with Gasteiger partial charge in [-0.05, 0) is 37.5 Å². The lowest BCUT2D eigenvalue weighted by molar-refractivity contribution is -0.132. The first-order valence-corrected chi connectivity index (χ1v) is 8.12. The van der Waals surface area contributed by atoms with E-state index in [2.05, 4.69) is 11.8 Å². The summed E-state index contributed by atoms with van der Waals surface area (Å²) in [4.78, 5) is 28.3. The molecule has 1 aromatic rings. The van der Waals surface area contributed by atoms with E-state index in [0.29, 0.717) is 13.0 Å². The largest absolute Gasteiger partial charge is 0.340 e. The van der Waals surface area contributed by atoms with E-state index in [4.69, 9.17) is 0 Å². The molecule has 4 heteroatoms. The Morgan fingerprint density at radius 2 is 1.73 bits per heavy atom. The third-order valence-electron chi connectivity index (χ3n) is 4.38. The van der Waals surface area contributed by atoms with Crippen LogP contribution in [0.15, 0.2) is 18.2 Å². The number of rotatable bonds is 5. The fourth-order valence-electron chi connectivity index (χ4n) is 2.74. The zero-order valence-corrected chi connectivity index (χ0v) is 13.9. The molecule has 0 aromatic heterocycles. The molecule has 0 bridgehead atoms. The van der Waals surface area contributed by atoms with Crippen molar-refractivity contribution in [3.8, 4) is 0 Å². The van der Waals surface area contributed by atoms with E-state index < -0.39 is 0 Å². The third kappa shape index (κ3) is 4.17. The first-order chi connectivity index (χ1) is 10.5. The summed E-state index contributed by atoms with van der Waals surface area (Å²) in [5.74, 6) is 0.402. The molecule has 0 atom stereocenters. The number of carbonyl (C=O) groups excluding carboxylic acids is 2. The molecule has 1 aromatic carbocycles. The minimum atomic E-state index is 0.163. The van der Waals surface area contributed by atoms with Crippen molar-refractivity contribution in [1.82, 2.24) is 9.80 Å². The highest BCUT2D eigenvalue weighted by Gasteiger charge is 2.22. The number of hydrogen-bond donors (Lipinski definition) is 0. The molecule has 0 saturated carbocycles. The van der Waals surface area contributed by atoms with Gasteiger partial charge in [0.1, 0.15) is 0 Å². The second-order valence-electron chi connectivity index (χ2n) is 6.13. The Morgan fingerprint density at radius 1 is 1.05 bits per heavy atom. The zero-order valence-electron chi connectivity index (χ0n) is 13.9. The smallest absolute Gasteiger partial charge is 0.222 e. The Balaban J connectivity index is 1.86. The molecule has 4 nitrogen and oxygen atoms in total. The minimum Gasteiger partial charge on any atom is -0.340 e. The molecule has 0 spiro atoms. The van der Waals surface area contributed by atoms with Crippen LogP contribution in [0.1, 0.15) is 41.3 Å². The molecular weight excluding hydrogens is 276 g/mol. The summed E-state index contributed by atoms with van der Waals surface area (Å²) in [5.41, 5.74) is 3.15. The average Bonchev–Trinajstić information content (AvgIpc) is 2.51. The highest BCUT2D eigenvalue weighted by Crippen LogP contribution is 2.12. The Hall–Kier alpha value is -1.68. The summed E-state index contributed by atoms with van der Waals surface area (Å²) in [7, 11) is 0. The van der Waals surface area contributed by atoms with Gasteiger partial charge in [-0.25, -0.2) is 0 Å². The number of nitrogens with zero attached hydrogens (tertiary/aromatic N) is 2. The van der Waals surface area contributed by atoms with Gasteiger partial charge in [0.15, 0.2) is 5.78 Å². The molecule has 1 aliphatic heterocycles. The van der Waals surface area contributed by atoms with Gasteiger partial charge in [0.25, 0.3) is 0 Å². The molecule has 1 heterocycles. The van der Waals surface area contributed by atoms with Crippen LogP contribution >= 0.6 is 0 Å².